The molecule has 0 saturated carbocycles. The topological polar surface area (TPSA) is 0 Å². The molecule has 0 radical (unpaired) electrons. The molecule has 0 amide bonds. The molecule has 74 heavy (non-hydrogen) atoms. The van der Waals surface area contributed by atoms with E-state index in [1.165, 1.54) is 153 Å². The van der Waals surface area contributed by atoms with Crippen molar-refractivity contribution < 1.29 is 0 Å². The van der Waals surface area contributed by atoms with E-state index in [9.17, 15) is 0 Å². The van der Waals surface area contributed by atoms with Crippen molar-refractivity contribution in [2.75, 3.05) is 0 Å². The smallest absolute Gasteiger partial charge is 0.00259 e. The highest BCUT2D eigenvalue weighted by molar-refractivity contribution is 6.24. The van der Waals surface area contributed by atoms with E-state index in [-0.39, 0.29) is 0 Å². The lowest BCUT2D eigenvalue weighted by molar-refractivity contribution is 1.63. The van der Waals surface area contributed by atoms with Gasteiger partial charge < -0.3 is 0 Å². The molecule has 0 N–H and O–H groups in total. The molecule has 15 aromatic rings. The van der Waals surface area contributed by atoms with Gasteiger partial charge in [-0.2, -0.15) is 0 Å². The molecule has 0 atom stereocenters. The van der Waals surface area contributed by atoms with E-state index < -0.39 is 0 Å². The molecule has 0 heterocycles. The second-order valence-electron chi connectivity index (χ2n) is 19.9. The molecule has 0 saturated heterocycles. The van der Waals surface area contributed by atoms with Crippen LogP contribution in [-0.4, -0.2) is 0 Å². The van der Waals surface area contributed by atoms with Gasteiger partial charge in [0.2, 0.25) is 0 Å². The van der Waals surface area contributed by atoms with Gasteiger partial charge in [-0.25, -0.2) is 0 Å². The first-order chi connectivity index (χ1) is 36.7. The zero-order valence-corrected chi connectivity index (χ0v) is 40.6. The van der Waals surface area contributed by atoms with Crippen LogP contribution in [0.3, 0.4) is 0 Å². The van der Waals surface area contributed by atoms with Crippen LogP contribution in [0.2, 0.25) is 0 Å². The molecule has 0 spiro atoms. The Bertz CT molecular complexity index is 4710. The SMILES string of the molecule is c1ccc(-c2ccc3c(-c4ccc5ccccc5c4)c4ccccc4c(-c4ccc5cc(-c6ccc7cc(-c8c9ccccc9c(-c9ccc%10ccccc%10c9)c9ccccc89)ccc7c6)ccc5c4)c3c2)cc1. The molecule has 15 rings (SSSR count). The van der Waals surface area contributed by atoms with Crippen LogP contribution in [0.15, 0.2) is 279 Å². The van der Waals surface area contributed by atoms with Crippen molar-refractivity contribution in [1.29, 1.82) is 0 Å². The summed E-state index contributed by atoms with van der Waals surface area (Å²) in [5.74, 6) is 0. The second kappa shape index (κ2) is 17.0. The van der Waals surface area contributed by atoms with Crippen LogP contribution >= 0.6 is 0 Å². The molecule has 0 aliphatic carbocycles. The van der Waals surface area contributed by atoms with E-state index in [0.29, 0.717) is 0 Å². The molecular formula is C74H46. The average Bonchev–Trinajstić information content (AvgIpc) is 3.47. The molecule has 342 valence electrons. The molecule has 0 unspecified atom stereocenters. The van der Waals surface area contributed by atoms with Crippen LogP contribution in [-0.2, 0) is 0 Å². The Labute approximate surface area is 429 Å². The van der Waals surface area contributed by atoms with Gasteiger partial charge >= 0.3 is 0 Å². The quantitative estimate of drug-likeness (QED) is 0.146. The van der Waals surface area contributed by atoms with E-state index in [1.54, 1.807) is 0 Å². The lowest BCUT2D eigenvalue weighted by Crippen LogP contribution is -1.92. The average molecular weight is 935 g/mol. The van der Waals surface area contributed by atoms with Gasteiger partial charge in [0.25, 0.3) is 0 Å². The van der Waals surface area contributed by atoms with Gasteiger partial charge in [0.15, 0.2) is 0 Å². The minimum absolute atomic E-state index is 1.21. The van der Waals surface area contributed by atoms with E-state index in [0.717, 1.165) is 0 Å². The van der Waals surface area contributed by atoms with Crippen LogP contribution in [0.25, 0.3) is 153 Å². The van der Waals surface area contributed by atoms with Gasteiger partial charge in [-0.3, -0.25) is 0 Å². The first-order valence-corrected chi connectivity index (χ1v) is 25.7. The van der Waals surface area contributed by atoms with E-state index in [1.807, 2.05) is 0 Å². The number of hydrogen-bond acceptors (Lipinski definition) is 0. The van der Waals surface area contributed by atoms with Crippen molar-refractivity contribution >= 4 is 86.2 Å². The maximum Gasteiger partial charge on any atom is -0.00259 e. The van der Waals surface area contributed by atoms with E-state index in [2.05, 4.69) is 279 Å². The highest BCUT2D eigenvalue weighted by Gasteiger charge is 2.20. The predicted molar refractivity (Wildman–Crippen MR) is 319 cm³/mol. The number of benzene rings is 15. The molecule has 15 aromatic carbocycles. The zero-order chi connectivity index (χ0) is 48.7. The van der Waals surface area contributed by atoms with Crippen LogP contribution in [0.4, 0.5) is 0 Å². The summed E-state index contributed by atoms with van der Waals surface area (Å²) < 4.78 is 0. The van der Waals surface area contributed by atoms with Crippen molar-refractivity contribution in [3.05, 3.63) is 279 Å². The second-order valence-corrected chi connectivity index (χ2v) is 19.9. The minimum atomic E-state index is 1.21. The van der Waals surface area contributed by atoms with E-state index in [4.69, 9.17) is 0 Å². The molecular weight excluding hydrogens is 889 g/mol. The molecule has 0 aromatic heterocycles. The summed E-state index contributed by atoms with van der Waals surface area (Å²) in [5, 5.41) is 20.0. The van der Waals surface area contributed by atoms with Gasteiger partial charge in [-0.1, -0.05) is 237 Å². The fraction of sp³-hybridized carbons (Fsp3) is 0. The lowest BCUT2D eigenvalue weighted by Gasteiger charge is -2.19. The molecule has 0 aliphatic heterocycles. The Morgan fingerprint density at radius 1 is 0.122 bits per heavy atom. The first-order valence-electron chi connectivity index (χ1n) is 25.7. The molecule has 0 heteroatoms. The zero-order valence-electron chi connectivity index (χ0n) is 40.6. The van der Waals surface area contributed by atoms with Crippen LogP contribution < -0.4 is 0 Å². The highest BCUT2D eigenvalue weighted by Crippen LogP contribution is 2.48. The Kier molecular flexibility index (Phi) is 9.68. The summed E-state index contributed by atoms with van der Waals surface area (Å²) in [5.41, 5.74) is 14.9. The van der Waals surface area contributed by atoms with Gasteiger partial charge in [-0.15, -0.1) is 0 Å². The maximum absolute atomic E-state index is 2.42. The Balaban J connectivity index is 0.822. The van der Waals surface area contributed by atoms with Crippen molar-refractivity contribution in [1.82, 2.24) is 0 Å². The Hall–Kier alpha value is -9.62. The van der Waals surface area contributed by atoms with Gasteiger partial charge in [0, 0.05) is 0 Å². The van der Waals surface area contributed by atoms with Crippen molar-refractivity contribution in [3.8, 4) is 66.8 Å². The highest BCUT2D eigenvalue weighted by atomic mass is 14.2. The maximum atomic E-state index is 2.42. The van der Waals surface area contributed by atoms with Gasteiger partial charge in [-0.05, 0) is 195 Å². The first kappa shape index (κ1) is 42.1. The lowest BCUT2D eigenvalue weighted by atomic mass is 9.84. The third-order valence-corrected chi connectivity index (χ3v) is 15.7. The molecule has 0 bridgehead atoms. The molecule has 0 nitrogen and oxygen atoms in total. The predicted octanol–water partition coefficient (Wildman–Crippen LogP) is 20.9. The minimum Gasteiger partial charge on any atom is -0.0622 e. The van der Waals surface area contributed by atoms with Crippen LogP contribution in [0, 0.1) is 0 Å². The Morgan fingerprint density at radius 2 is 0.365 bits per heavy atom. The summed E-state index contributed by atoms with van der Waals surface area (Å²) in [6, 6.07) is 104. The van der Waals surface area contributed by atoms with Crippen LogP contribution in [0.5, 0.6) is 0 Å². The third-order valence-electron chi connectivity index (χ3n) is 15.7. The summed E-state index contributed by atoms with van der Waals surface area (Å²) in [7, 11) is 0. The third kappa shape index (κ3) is 6.91. The number of hydrogen-bond donors (Lipinski definition) is 0. The van der Waals surface area contributed by atoms with Crippen LogP contribution in [0.1, 0.15) is 0 Å². The van der Waals surface area contributed by atoms with E-state index >= 15 is 0 Å². The monoisotopic (exact) mass is 934 g/mol. The standard InChI is InChI=1S/C74H46/c1-2-14-47(15-3-1)58-38-39-69-70(46-58)74(68-25-13-12-24-67(68)73(69)60-35-27-49-17-5-7-19-51(49)43-60)62-37-33-55-41-53(29-31-57(55)45-62)52-28-30-56-44-61(36-32-54(56)40-52)72-65-22-10-8-20-63(65)71(64-21-9-11-23-66(64)72)59-34-26-48-16-4-6-18-50(48)42-59/h1-46H. The largest absolute Gasteiger partial charge is 0.0622 e. The fourth-order valence-corrected chi connectivity index (χ4v) is 12.2. The summed E-state index contributed by atoms with van der Waals surface area (Å²) in [4.78, 5) is 0. The van der Waals surface area contributed by atoms with Crippen molar-refractivity contribution in [2.24, 2.45) is 0 Å². The van der Waals surface area contributed by atoms with Crippen molar-refractivity contribution in [3.63, 3.8) is 0 Å². The number of fused-ring (bicyclic) bond motifs is 8. The van der Waals surface area contributed by atoms with Gasteiger partial charge in [0.05, 0.1) is 0 Å². The Morgan fingerprint density at radius 3 is 0.757 bits per heavy atom. The summed E-state index contributed by atoms with van der Waals surface area (Å²) in [6.45, 7) is 0. The summed E-state index contributed by atoms with van der Waals surface area (Å²) in [6.07, 6.45) is 0. The van der Waals surface area contributed by atoms with Gasteiger partial charge in [0.1, 0.15) is 0 Å². The summed E-state index contributed by atoms with van der Waals surface area (Å²) >= 11 is 0. The van der Waals surface area contributed by atoms with Crippen molar-refractivity contribution in [2.45, 2.75) is 0 Å². The molecule has 0 fully saturated rings. The molecule has 0 aliphatic rings. The number of rotatable bonds is 6. The fourth-order valence-electron chi connectivity index (χ4n) is 12.2. The normalized spacial score (nSPS) is 11.8.